The summed E-state index contributed by atoms with van der Waals surface area (Å²) in [6.45, 7) is 4.18. The second-order valence-electron chi connectivity index (χ2n) is 3.41. The van der Waals surface area contributed by atoms with Crippen LogP contribution in [0.2, 0.25) is 0 Å². The van der Waals surface area contributed by atoms with Crippen LogP contribution in [0.4, 0.5) is 0 Å². The van der Waals surface area contributed by atoms with Crippen LogP contribution in [-0.4, -0.2) is 18.8 Å². The van der Waals surface area contributed by atoms with Crippen molar-refractivity contribution in [2.45, 2.75) is 19.8 Å². The number of ether oxygens (including phenoxy) is 1. The molecule has 0 radical (unpaired) electrons. The molecule has 1 atom stereocenters. The van der Waals surface area contributed by atoms with Crippen molar-refractivity contribution in [1.29, 1.82) is 0 Å². The number of aliphatic hydroxyl groups is 1. The lowest BCUT2D eigenvalue weighted by molar-refractivity contribution is 0.272. The van der Waals surface area contributed by atoms with Crippen LogP contribution in [0, 0.1) is 6.92 Å². The highest BCUT2D eigenvalue weighted by atomic mass is 79.9. The summed E-state index contributed by atoms with van der Waals surface area (Å²) in [7, 11) is 1.64. The van der Waals surface area contributed by atoms with Crippen LogP contribution in [0.3, 0.4) is 0 Å². The second kappa shape index (κ2) is 4.80. The molecule has 0 saturated carbocycles. The molecule has 0 heterocycles. The van der Waals surface area contributed by atoms with Gasteiger partial charge < -0.3 is 9.84 Å². The van der Waals surface area contributed by atoms with Crippen LogP contribution >= 0.6 is 15.9 Å². The van der Waals surface area contributed by atoms with Crippen molar-refractivity contribution < 1.29 is 9.84 Å². The minimum atomic E-state index is 0.140. The van der Waals surface area contributed by atoms with E-state index in [9.17, 15) is 0 Å². The largest absolute Gasteiger partial charge is 0.497 e. The molecule has 0 aliphatic heterocycles. The topological polar surface area (TPSA) is 29.5 Å². The van der Waals surface area contributed by atoms with Crippen molar-refractivity contribution >= 4 is 15.9 Å². The summed E-state index contributed by atoms with van der Waals surface area (Å²) >= 11 is 3.47. The van der Waals surface area contributed by atoms with Crippen LogP contribution in [0.15, 0.2) is 16.6 Å². The summed E-state index contributed by atoms with van der Waals surface area (Å²) in [6.07, 6.45) is 0. The number of methoxy groups -OCH3 is 1. The third-order valence-corrected chi connectivity index (χ3v) is 3.22. The maximum Gasteiger partial charge on any atom is 0.120 e. The molecule has 0 saturated heterocycles. The Morgan fingerprint density at radius 2 is 2.14 bits per heavy atom. The summed E-state index contributed by atoms with van der Waals surface area (Å²) in [5.74, 6) is 0.958. The van der Waals surface area contributed by atoms with E-state index in [-0.39, 0.29) is 12.5 Å². The predicted molar refractivity (Wildman–Crippen MR) is 60.9 cm³/mol. The summed E-state index contributed by atoms with van der Waals surface area (Å²) < 4.78 is 6.19. The molecule has 0 spiro atoms. The smallest absolute Gasteiger partial charge is 0.120 e. The monoisotopic (exact) mass is 258 g/mol. The van der Waals surface area contributed by atoms with Crippen LogP contribution < -0.4 is 4.74 Å². The molecule has 1 rings (SSSR count). The number of halogens is 1. The lowest BCUT2D eigenvalue weighted by Crippen LogP contribution is -2.02. The molecule has 0 fully saturated rings. The van der Waals surface area contributed by atoms with Gasteiger partial charge in [0.15, 0.2) is 0 Å². The van der Waals surface area contributed by atoms with Crippen molar-refractivity contribution in [2.24, 2.45) is 0 Å². The van der Waals surface area contributed by atoms with Gasteiger partial charge in [-0.3, -0.25) is 0 Å². The van der Waals surface area contributed by atoms with Crippen molar-refractivity contribution in [3.63, 3.8) is 0 Å². The molecule has 1 N–H and O–H groups in total. The van der Waals surface area contributed by atoms with E-state index in [1.165, 1.54) is 0 Å². The van der Waals surface area contributed by atoms with Crippen molar-refractivity contribution in [2.75, 3.05) is 13.7 Å². The normalized spacial score (nSPS) is 12.6. The molecule has 0 aliphatic rings. The first-order valence-corrected chi connectivity index (χ1v) is 5.34. The zero-order valence-electron chi connectivity index (χ0n) is 8.67. The Balaban J connectivity index is 3.20. The molecule has 3 heteroatoms. The highest BCUT2D eigenvalue weighted by molar-refractivity contribution is 9.10. The van der Waals surface area contributed by atoms with Gasteiger partial charge in [-0.2, -0.15) is 0 Å². The van der Waals surface area contributed by atoms with Gasteiger partial charge >= 0.3 is 0 Å². The number of hydrogen-bond donors (Lipinski definition) is 1. The van der Waals surface area contributed by atoms with E-state index in [0.717, 1.165) is 21.3 Å². The SMILES string of the molecule is COc1cc(Br)c(C)c(C(C)CO)c1. The Hall–Kier alpha value is -0.540. The van der Waals surface area contributed by atoms with Crippen LogP contribution in [0.25, 0.3) is 0 Å². The summed E-state index contributed by atoms with van der Waals surface area (Å²) in [6, 6.07) is 3.91. The van der Waals surface area contributed by atoms with Gasteiger partial charge in [0, 0.05) is 17.0 Å². The molecule has 0 bridgehead atoms. The molecule has 1 unspecified atom stereocenters. The fourth-order valence-electron chi connectivity index (χ4n) is 1.40. The molecule has 1 aromatic carbocycles. The zero-order chi connectivity index (χ0) is 10.7. The lowest BCUT2D eigenvalue weighted by Gasteiger charge is -2.15. The number of rotatable bonds is 3. The van der Waals surface area contributed by atoms with E-state index in [1.54, 1.807) is 7.11 Å². The second-order valence-corrected chi connectivity index (χ2v) is 4.26. The minimum Gasteiger partial charge on any atom is -0.497 e. The average Bonchev–Trinajstić information content (AvgIpc) is 2.20. The number of aliphatic hydroxyl groups excluding tert-OH is 1. The molecular formula is C11H15BrO2. The van der Waals surface area contributed by atoms with Gasteiger partial charge in [-0.05, 0) is 30.2 Å². The predicted octanol–water partition coefficient (Wildman–Crippen LogP) is 2.86. The Bertz CT molecular complexity index is 323. The van der Waals surface area contributed by atoms with Gasteiger partial charge in [0.25, 0.3) is 0 Å². The highest BCUT2D eigenvalue weighted by Crippen LogP contribution is 2.30. The Labute approximate surface area is 93.0 Å². The Morgan fingerprint density at radius 3 is 2.64 bits per heavy atom. The quantitative estimate of drug-likeness (QED) is 0.904. The zero-order valence-corrected chi connectivity index (χ0v) is 10.3. The summed E-state index contributed by atoms with van der Waals surface area (Å²) in [4.78, 5) is 0. The first-order chi connectivity index (χ1) is 6.60. The van der Waals surface area contributed by atoms with E-state index in [1.807, 2.05) is 26.0 Å². The maximum absolute atomic E-state index is 9.11. The first kappa shape index (κ1) is 11.5. The molecular weight excluding hydrogens is 244 g/mol. The number of benzene rings is 1. The molecule has 1 aromatic rings. The molecule has 0 aliphatic carbocycles. The van der Waals surface area contributed by atoms with Crippen molar-refractivity contribution in [3.05, 3.63) is 27.7 Å². The van der Waals surface area contributed by atoms with Gasteiger partial charge in [-0.25, -0.2) is 0 Å². The molecule has 0 amide bonds. The fraction of sp³-hybridized carbons (Fsp3) is 0.455. The fourth-order valence-corrected chi connectivity index (χ4v) is 1.86. The number of hydrogen-bond acceptors (Lipinski definition) is 2. The van der Waals surface area contributed by atoms with Crippen molar-refractivity contribution in [1.82, 2.24) is 0 Å². The summed E-state index contributed by atoms with van der Waals surface area (Å²) in [5.41, 5.74) is 2.28. The maximum atomic E-state index is 9.11. The standard InChI is InChI=1S/C11H15BrO2/c1-7(6-13)10-4-9(14-3)5-11(12)8(10)2/h4-5,7,13H,6H2,1-3H3. The van der Waals surface area contributed by atoms with E-state index < -0.39 is 0 Å². The first-order valence-electron chi connectivity index (χ1n) is 4.55. The Kier molecular flexibility index (Phi) is 3.96. The lowest BCUT2D eigenvalue weighted by atomic mass is 9.97. The van der Waals surface area contributed by atoms with E-state index in [4.69, 9.17) is 9.84 Å². The molecule has 78 valence electrons. The van der Waals surface area contributed by atoms with Gasteiger partial charge in [0.2, 0.25) is 0 Å². The highest BCUT2D eigenvalue weighted by Gasteiger charge is 2.11. The van der Waals surface area contributed by atoms with Crippen molar-refractivity contribution in [3.8, 4) is 5.75 Å². The van der Waals surface area contributed by atoms with E-state index in [0.29, 0.717) is 0 Å². The van der Waals surface area contributed by atoms with Crippen LogP contribution in [0.1, 0.15) is 24.0 Å². The van der Waals surface area contributed by atoms with Gasteiger partial charge in [-0.1, -0.05) is 22.9 Å². The van der Waals surface area contributed by atoms with Gasteiger partial charge in [0.1, 0.15) is 5.75 Å². The molecule has 2 nitrogen and oxygen atoms in total. The van der Waals surface area contributed by atoms with E-state index >= 15 is 0 Å². The molecule has 0 aromatic heterocycles. The third-order valence-electron chi connectivity index (χ3n) is 2.40. The van der Waals surface area contributed by atoms with Crippen LogP contribution in [-0.2, 0) is 0 Å². The van der Waals surface area contributed by atoms with E-state index in [2.05, 4.69) is 15.9 Å². The minimum absolute atomic E-state index is 0.140. The Morgan fingerprint density at radius 1 is 1.50 bits per heavy atom. The van der Waals surface area contributed by atoms with Gasteiger partial charge in [0.05, 0.1) is 7.11 Å². The third kappa shape index (κ3) is 2.28. The molecule has 14 heavy (non-hydrogen) atoms. The van der Waals surface area contributed by atoms with Crippen LogP contribution in [0.5, 0.6) is 5.75 Å². The average molecular weight is 259 g/mol. The van der Waals surface area contributed by atoms with Gasteiger partial charge in [-0.15, -0.1) is 0 Å². The summed E-state index contributed by atoms with van der Waals surface area (Å²) in [5, 5.41) is 9.11.